The van der Waals surface area contributed by atoms with Crippen LogP contribution in [-0.2, 0) is 22.8 Å². The van der Waals surface area contributed by atoms with Crippen LogP contribution in [0, 0.1) is 5.92 Å². The molecule has 0 aliphatic heterocycles. The molecule has 15 heteroatoms. The van der Waals surface area contributed by atoms with Gasteiger partial charge in [0.25, 0.3) is 5.91 Å². The zero-order valence-corrected chi connectivity index (χ0v) is 23.6. The fraction of sp³-hybridized carbons (Fsp3) is 0.600. The highest BCUT2D eigenvalue weighted by molar-refractivity contribution is 7.91. The van der Waals surface area contributed by atoms with Gasteiger partial charge in [-0.1, -0.05) is 24.6 Å². The first-order chi connectivity index (χ1) is 18.4. The summed E-state index contributed by atoms with van der Waals surface area (Å²) >= 11 is 6.49. The molecule has 0 unspecified atom stereocenters. The summed E-state index contributed by atoms with van der Waals surface area (Å²) in [6.45, 7) is -0.695. The summed E-state index contributed by atoms with van der Waals surface area (Å²) in [5.41, 5.74) is -1.43. The zero-order chi connectivity index (χ0) is 30.0. The fourth-order valence-electron chi connectivity index (χ4n) is 4.69. The number of ether oxygens (including phenoxy) is 1. The molecule has 1 saturated carbocycles. The second-order valence-electron chi connectivity index (χ2n) is 10.1. The van der Waals surface area contributed by atoms with Gasteiger partial charge in [0.05, 0.1) is 27.5 Å². The van der Waals surface area contributed by atoms with E-state index in [1.165, 1.54) is 16.8 Å². The molecule has 1 heterocycles. The van der Waals surface area contributed by atoms with E-state index in [-0.39, 0.29) is 66.3 Å². The highest BCUT2D eigenvalue weighted by Gasteiger charge is 2.38. The summed E-state index contributed by atoms with van der Waals surface area (Å²) in [5, 5.41) is 16.8. The fourth-order valence-corrected chi connectivity index (χ4v) is 6.10. The molecular formula is C25H31ClF5N3O5S. The van der Waals surface area contributed by atoms with E-state index in [1.807, 2.05) is 0 Å². The number of sulfone groups is 1. The van der Waals surface area contributed by atoms with Gasteiger partial charge in [-0.15, -0.1) is 0 Å². The number of nitrogens with zero attached hydrogens (tertiary/aromatic N) is 2. The molecule has 2 N–H and O–H groups in total. The van der Waals surface area contributed by atoms with Gasteiger partial charge < -0.3 is 15.2 Å². The number of carbonyl (C=O) groups excluding carboxylic acids is 1. The van der Waals surface area contributed by atoms with Crippen LogP contribution < -0.4 is 10.1 Å². The summed E-state index contributed by atoms with van der Waals surface area (Å²) in [6, 6.07) is 3.70. The Balaban J connectivity index is 1.86. The molecule has 0 bridgehead atoms. The molecule has 224 valence electrons. The van der Waals surface area contributed by atoms with Gasteiger partial charge in [-0.2, -0.15) is 27.1 Å². The van der Waals surface area contributed by atoms with Crippen molar-refractivity contribution in [3.63, 3.8) is 0 Å². The number of hydrogen-bond donors (Lipinski definition) is 2. The van der Waals surface area contributed by atoms with Crippen molar-refractivity contribution in [3.8, 4) is 17.0 Å². The van der Waals surface area contributed by atoms with Crippen molar-refractivity contribution in [2.45, 2.75) is 76.1 Å². The van der Waals surface area contributed by atoms with Crippen molar-refractivity contribution >= 4 is 27.3 Å². The monoisotopic (exact) mass is 615 g/mol. The maximum Gasteiger partial charge on any atom is 0.391 e. The zero-order valence-electron chi connectivity index (χ0n) is 22.1. The predicted molar refractivity (Wildman–Crippen MR) is 138 cm³/mol. The maximum atomic E-state index is 13.2. The summed E-state index contributed by atoms with van der Waals surface area (Å²) < 4.78 is 95.0. The third-order valence-electron chi connectivity index (χ3n) is 7.07. The van der Waals surface area contributed by atoms with E-state index < -0.39 is 57.5 Å². The summed E-state index contributed by atoms with van der Waals surface area (Å²) in [4.78, 5) is 13.0. The first kappa shape index (κ1) is 32.1. The number of aliphatic hydroxyl groups is 1. The Morgan fingerprint density at radius 3 is 2.45 bits per heavy atom. The van der Waals surface area contributed by atoms with Gasteiger partial charge in [-0.3, -0.25) is 9.48 Å². The van der Waals surface area contributed by atoms with Crippen LogP contribution in [0.1, 0.15) is 55.6 Å². The molecular weight excluding hydrogens is 585 g/mol. The van der Waals surface area contributed by atoms with Crippen LogP contribution in [0.2, 0.25) is 5.02 Å². The molecule has 8 nitrogen and oxygen atoms in total. The van der Waals surface area contributed by atoms with Gasteiger partial charge in [0.1, 0.15) is 15.6 Å². The number of alkyl halides is 5. The van der Waals surface area contributed by atoms with Crippen molar-refractivity contribution < 1.29 is 45.0 Å². The number of aryl methyl sites for hydroxylation is 1. The molecule has 0 spiro atoms. The number of rotatable bonds is 10. The molecule has 3 rings (SSSR count). The molecule has 2 aromatic rings. The van der Waals surface area contributed by atoms with E-state index in [0.29, 0.717) is 0 Å². The first-order valence-electron chi connectivity index (χ1n) is 12.6. The summed E-state index contributed by atoms with van der Waals surface area (Å²) in [6.07, 6.45) is -3.01. The lowest BCUT2D eigenvalue weighted by atomic mass is 9.84. The molecule has 1 fully saturated rings. The van der Waals surface area contributed by atoms with E-state index in [2.05, 4.69) is 15.2 Å². The predicted octanol–water partition coefficient (Wildman–Crippen LogP) is 5.01. The Bertz CT molecular complexity index is 1320. The maximum absolute atomic E-state index is 13.2. The largest absolute Gasteiger partial charge is 0.434 e. The number of benzene rings is 1. The van der Waals surface area contributed by atoms with E-state index in [9.17, 15) is 40.3 Å². The molecule has 1 aromatic heterocycles. The second kappa shape index (κ2) is 12.2. The van der Waals surface area contributed by atoms with Gasteiger partial charge in [-0.25, -0.2) is 8.42 Å². The van der Waals surface area contributed by atoms with Crippen molar-refractivity contribution in [3.05, 3.63) is 34.5 Å². The normalized spacial score (nSPS) is 20.9. The van der Waals surface area contributed by atoms with Crippen LogP contribution in [0.5, 0.6) is 5.75 Å². The van der Waals surface area contributed by atoms with Crippen LogP contribution in [0.15, 0.2) is 18.2 Å². The quantitative estimate of drug-likeness (QED) is 0.364. The van der Waals surface area contributed by atoms with Crippen LogP contribution >= 0.6 is 11.6 Å². The number of aromatic nitrogens is 2. The summed E-state index contributed by atoms with van der Waals surface area (Å²) in [7, 11) is -3.25. The van der Waals surface area contributed by atoms with Crippen LogP contribution in [0.25, 0.3) is 11.3 Å². The number of halogens is 6. The highest BCUT2D eigenvalue weighted by atomic mass is 35.5. The SMILES string of the molecule is CCn1nc(C(=O)NC[C@]2(O)CC[C@@H](S(C)(=O)=O)CC2)c(Cl)c1-c1ccc(C[C@@H](C)C(F)(F)F)cc1OC(F)F. The van der Waals surface area contributed by atoms with Gasteiger partial charge in [-0.05, 0) is 56.7 Å². The summed E-state index contributed by atoms with van der Waals surface area (Å²) in [5.74, 6) is -2.92. The lowest BCUT2D eigenvalue weighted by Crippen LogP contribution is -2.47. The third-order valence-corrected chi connectivity index (χ3v) is 9.11. The molecule has 1 aromatic carbocycles. The third kappa shape index (κ3) is 7.64. The number of hydrogen-bond acceptors (Lipinski definition) is 6. The molecule has 0 radical (unpaired) electrons. The number of carbonyl (C=O) groups is 1. The molecule has 0 saturated heterocycles. The van der Waals surface area contributed by atoms with E-state index >= 15 is 0 Å². The minimum Gasteiger partial charge on any atom is -0.434 e. The minimum absolute atomic E-state index is 0.000150. The Morgan fingerprint density at radius 2 is 1.93 bits per heavy atom. The van der Waals surface area contributed by atoms with Crippen LogP contribution in [-0.4, -0.2) is 65.7 Å². The lowest BCUT2D eigenvalue weighted by Gasteiger charge is -2.35. The van der Waals surface area contributed by atoms with Crippen LogP contribution in [0.4, 0.5) is 22.0 Å². The van der Waals surface area contributed by atoms with Crippen molar-refractivity contribution in [1.82, 2.24) is 15.1 Å². The van der Waals surface area contributed by atoms with Gasteiger partial charge in [0.2, 0.25) is 0 Å². The van der Waals surface area contributed by atoms with Crippen molar-refractivity contribution in [2.24, 2.45) is 5.92 Å². The molecule has 1 atom stereocenters. The van der Waals surface area contributed by atoms with E-state index in [1.54, 1.807) is 6.92 Å². The number of amides is 1. The topological polar surface area (TPSA) is 111 Å². The highest BCUT2D eigenvalue weighted by Crippen LogP contribution is 2.39. The van der Waals surface area contributed by atoms with E-state index in [0.717, 1.165) is 19.2 Å². The molecule has 1 amide bonds. The molecule has 1 aliphatic carbocycles. The average molecular weight is 616 g/mol. The molecule has 40 heavy (non-hydrogen) atoms. The first-order valence-corrected chi connectivity index (χ1v) is 14.9. The van der Waals surface area contributed by atoms with Gasteiger partial charge in [0.15, 0.2) is 5.69 Å². The molecule has 1 aliphatic rings. The smallest absolute Gasteiger partial charge is 0.391 e. The van der Waals surface area contributed by atoms with Gasteiger partial charge in [0, 0.05) is 24.9 Å². The lowest BCUT2D eigenvalue weighted by molar-refractivity contribution is -0.169. The van der Waals surface area contributed by atoms with Gasteiger partial charge >= 0.3 is 12.8 Å². The Kier molecular flexibility index (Phi) is 9.78. The minimum atomic E-state index is -4.48. The van der Waals surface area contributed by atoms with Crippen molar-refractivity contribution in [2.75, 3.05) is 12.8 Å². The average Bonchev–Trinajstić information content (AvgIpc) is 3.17. The second-order valence-corrected chi connectivity index (χ2v) is 12.8. The Labute approximate surface area is 233 Å². The van der Waals surface area contributed by atoms with E-state index in [4.69, 9.17) is 11.6 Å². The standard InChI is InChI=1S/C25H31ClF5N3O5S/c1-4-34-21(17-6-5-15(11-14(2)25(29,30)31)12-18(17)39-23(27)28)19(26)20(33-34)22(35)32-13-24(36)9-7-16(8-10-24)40(3,37)38/h5-6,12,14,16,23,36H,4,7-11,13H2,1-3H3,(H,32,35)/t14-,16-,24+/m1/s1. The van der Waals surface area contributed by atoms with Crippen molar-refractivity contribution in [1.29, 1.82) is 0 Å². The number of nitrogens with one attached hydrogen (secondary N) is 1. The van der Waals surface area contributed by atoms with Crippen LogP contribution in [0.3, 0.4) is 0 Å². The Hall–Kier alpha value is -2.45. The Morgan fingerprint density at radius 1 is 1.30 bits per heavy atom.